The minimum absolute atomic E-state index is 0.205. The third kappa shape index (κ3) is 2.18. The second kappa shape index (κ2) is 3.51. The normalized spacial score (nSPS) is 11.7. The Labute approximate surface area is 69.2 Å². The molecule has 0 aliphatic heterocycles. The molecule has 2 amide bonds. The van der Waals surface area contributed by atoms with E-state index in [1.807, 2.05) is 0 Å². The van der Waals surface area contributed by atoms with E-state index in [2.05, 4.69) is 0 Å². The highest BCUT2D eigenvalue weighted by atomic mass is 16.5. The van der Waals surface area contributed by atoms with E-state index < -0.39 is 23.5 Å². The van der Waals surface area contributed by atoms with Crippen molar-refractivity contribution >= 4 is 11.8 Å². The number of rotatable bonds is 4. The van der Waals surface area contributed by atoms with Crippen molar-refractivity contribution in [2.45, 2.75) is 19.1 Å². The number of hydrogen-bond acceptors (Lipinski definition) is 4. The largest absolute Gasteiger partial charge is 0.369 e. The number of primary amides is 2. The average molecular weight is 176 g/mol. The number of amides is 2. The van der Waals surface area contributed by atoms with Crippen LogP contribution in [-0.2, 0) is 9.59 Å². The van der Waals surface area contributed by atoms with Crippen LogP contribution in [0.3, 0.4) is 0 Å². The van der Waals surface area contributed by atoms with Gasteiger partial charge in [-0.25, -0.2) is 0 Å². The van der Waals surface area contributed by atoms with Crippen molar-refractivity contribution in [3.63, 3.8) is 0 Å². The minimum Gasteiger partial charge on any atom is -0.369 e. The fraction of sp³-hybridized carbons (Fsp3) is 0.667. The van der Waals surface area contributed by atoms with Crippen molar-refractivity contribution in [2.75, 3.05) is 0 Å². The molecule has 0 unspecified atom stereocenters. The highest BCUT2D eigenvalue weighted by molar-refractivity contribution is 5.99. The maximum Gasteiger partial charge on any atom is 0.235 e. The van der Waals surface area contributed by atoms with Gasteiger partial charge < -0.3 is 21.7 Å². The Hall–Kier alpha value is -1.14. The van der Waals surface area contributed by atoms with Crippen LogP contribution in [0.2, 0.25) is 0 Å². The van der Waals surface area contributed by atoms with E-state index in [9.17, 15) is 9.59 Å². The van der Waals surface area contributed by atoms with Crippen molar-refractivity contribution in [2.24, 2.45) is 17.4 Å². The van der Waals surface area contributed by atoms with Crippen LogP contribution in [0.1, 0.15) is 13.3 Å². The standard InChI is InChI=1S/C6H12N2O4/c1-2-6(11,12)3(4(7)9)5(8)10/h3,11-12H,2H2,1H3,(H2,7,9)(H2,8,10). The van der Waals surface area contributed by atoms with Gasteiger partial charge in [-0.3, -0.25) is 9.59 Å². The van der Waals surface area contributed by atoms with Gasteiger partial charge in [0.05, 0.1) is 0 Å². The van der Waals surface area contributed by atoms with E-state index >= 15 is 0 Å². The summed E-state index contributed by atoms with van der Waals surface area (Å²) in [5, 5.41) is 18.2. The number of carbonyl (C=O) groups is 2. The first-order chi connectivity index (χ1) is 5.33. The monoisotopic (exact) mass is 176 g/mol. The maximum absolute atomic E-state index is 10.5. The first kappa shape index (κ1) is 10.9. The second-order valence-corrected chi connectivity index (χ2v) is 2.47. The van der Waals surface area contributed by atoms with E-state index in [1.54, 1.807) is 0 Å². The molecule has 0 aromatic rings. The van der Waals surface area contributed by atoms with Crippen molar-refractivity contribution in [3.05, 3.63) is 0 Å². The lowest BCUT2D eigenvalue weighted by Crippen LogP contribution is -2.51. The molecule has 0 saturated heterocycles. The van der Waals surface area contributed by atoms with E-state index in [1.165, 1.54) is 6.92 Å². The lowest BCUT2D eigenvalue weighted by Gasteiger charge is -2.25. The molecule has 6 heteroatoms. The molecule has 0 saturated carbocycles. The fourth-order valence-electron chi connectivity index (χ4n) is 0.800. The molecule has 6 N–H and O–H groups in total. The molecular formula is C6H12N2O4. The van der Waals surface area contributed by atoms with Gasteiger partial charge in [-0.1, -0.05) is 6.92 Å². The smallest absolute Gasteiger partial charge is 0.235 e. The predicted octanol–water partition coefficient (Wildman–Crippen LogP) is -2.34. The van der Waals surface area contributed by atoms with Crippen molar-refractivity contribution < 1.29 is 19.8 Å². The van der Waals surface area contributed by atoms with Gasteiger partial charge in [0, 0.05) is 0 Å². The molecule has 0 fully saturated rings. The zero-order chi connectivity index (χ0) is 9.94. The first-order valence-corrected chi connectivity index (χ1v) is 3.36. The maximum atomic E-state index is 10.5. The van der Waals surface area contributed by atoms with Crippen LogP contribution < -0.4 is 11.5 Å². The average Bonchev–Trinajstić information content (AvgIpc) is 1.84. The summed E-state index contributed by atoms with van der Waals surface area (Å²) in [7, 11) is 0. The number of hydrogen-bond donors (Lipinski definition) is 4. The molecule has 0 heterocycles. The Bertz CT molecular complexity index is 188. The van der Waals surface area contributed by atoms with Gasteiger partial charge in [-0.15, -0.1) is 0 Å². The molecule has 0 aliphatic rings. The van der Waals surface area contributed by atoms with Crippen LogP contribution in [0.5, 0.6) is 0 Å². The van der Waals surface area contributed by atoms with Gasteiger partial charge in [0.1, 0.15) is 0 Å². The SMILES string of the molecule is CCC(O)(O)C(C(N)=O)C(N)=O. The molecule has 0 bridgehead atoms. The fourth-order valence-corrected chi connectivity index (χ4v) is 0.800. The lowest BCUT2D eigenvalue weighted by molar-refractivity contribution is -0.201. The Morgan fingerprint density at radius 2 is 1.67 bits per heavy atom. The van der Waals surface area contributed by atoms with Crippen LogP contribution in [0.4, 0.5) is 0 Å². The lowest BCUT2D eigenvalue weighted by atomic mass is 9.95. The van der Waals surface area contributed by atoms with E-state index in [4.69, 9.17) is 21.7 Å². The summed E-state index contributed by atoms with van der Waals surface area (Å²) in [6.45, 7) is 1.39. The Balaban J connectivity index is 4.74. The topological polar surface area (TPSA) is 127 Å². The van der Waals surface area contributed by atoms with Crippen molar-refractivity contribution in [1.29, 1.82) is 0 Å². The van der Waals surface area contributed by atoms with Crippen molar-refractivity contribution in [3.8, 4) is 0 Å². The van der Waals surface area contributed by atoms with Gasteiger partial charge in [0.15, 0.2) is 11.7 Å². The number of aliphatic hydroxyl groups is 2. The summed E-state index contributed by atoms with van der Waals surface area (Å²) in [5.74, 6) is -6.50. The summed E-state index contributed by atoms with van der Waals surface area (Å²) >= 11 is 0. The van der Waals surface area contributed by atoms with Crippen molar-refractivity contribution in [1.82, 2.24) is 0 Å². The summed E-state index contributed by atoms with van der Waals surface area (Å²) in [5.41, 5.74) is 9.48. The second-order valence-electron chi connectivity index (χ2n) is 2.47. The molecule has 0 aromatic heterocycles. The molecule has 6 nitrogen and oxygen atoms in total. The third-order valence-corrected chi connectivity index (χ3v) is 1.55. The molecule has 12 heavy (non-hydrogen) atoms. The van der Waals surface area contributed by atoms with E-state index in [0.717, 1.165) is 0 Å². The highest BCUT2D eigenvalue weighted by Crippen LogP contribution is 2.17. The van der Waals surface area contributed by atoms with Gasteiger partial charge in [0.2, 0.25) is 11.8 Å². The Morgan fingerprint density at radius 3 is 1.75 bits per heavy atom. The summed E-state index contributed by atoms with van der Waals surface area (Å²) < 4.78 is 0. The number of carbonyl (C=O) groups excluding carboxylic acids is 2. The summed E-state index contributed by atoms with van der Waals surface area (Å²) in [4.78, 5) is 21.1. The van der Waals surface area contributed by atoms with Crippen LogP contribution in [0.15, 0.2) is 0 Å². The molecule has 0 radical (unpaired) electrons. The molecule has 0 spiro atoms. The molecule has 0 aliphatic carbocycles. The Kier molecular flexibility index (Phi) is 3.17. The highest BCUT2D eigenvalue weighted by Gasteiger charge is 2.41. The van der Waals surface area contributed by atoms with Crippen LogP contribution >= 0.6 is 0 Å². The van der Waals surface area contributed by atoms with Gasteiger partial charge >= 0.3 is 0 Å². The van der Waals surface area contributed by atoms with Gasteiger partial charge in [-0.2, -0.15) is 0 Å². The van der Waals surface area contributed by atoms with Crippen LogP contribution in [0, 0.1) is 5.92 Å². The van der Waals surface area contributed by atoms with Gasteiger partial charge in [-0.05, 0) is 6.42 Å². The number of nitrogens with two attached hydrogens (primary N) is 2. The van der Waals surface area contributed by atoms with E-state index in [0.29, 0.717) is 0 Å². The van der Waals surface area contributed by atoms with Gasteiger partial charge in [0.25, 0.3) is 0 Å². The Morgan fingerprint density at radius 1 is 1.33 bits per heavy atom. The molecular weight excluding hydrogens is 164 g/mol. The zero-order valence-corrected chi connectivity index (χ0v) is 6.65. The van der Waals surface area contributed by atoms with Crippen LogP contribution in [-0.4, -0.2) is 27.8 Å². The van der Waals surface area contributed by atoms with E-state index in [-0.39, 0.29) is 6.42 Å². The van der Waals surface area contributed by atoms with Crippen LogP contribution in [0.25, 0.3) is 0 Å². The summed E-state index contributed by atoms with van der Waals surface area (Å²) in [6.07, 6.45) is -0.205. The first-order valence-electron chi connectivity index (χ1n) is 3.36. The predicted molar refractivity (Wildman–Crippen MR) is 39.3 cm³/mol. The minimum atomic E-state index is -2.45. The molecule has 0 rings (SSSR count). The zero-order valence-electron chi connectivity index (χ0n) is 6.65. The molecule has 0 atom stereocenters. The summed E-state index contributed by atoms with van der Waals surface area (Å²) in [6, 6.07) is 0. The molecule has 70 valence electrons. The quantitative estimate of drug-likeness (QED) is 0.283. The molecule has 0 aromatic carbocycles. The third-order valence-electron chi connectivity index (χ3n) is 1.55.